The van der Waals surface area contributed by atoms with E-state index < -0.39 is 11.7 Å². The quantitative estimate of drug-likeness (QED) is 0.378. The van der Waals surface area contributed by atoms with Crippen LogP contribution < -0.4 is 0 Å². The molecule has 0 aliphatic carbocycles. The van der Waals surface area contributed by atoms with E-state index in [0.29, 0.717) is 22.4 Å². The van der Waals surface area contributed by atoms with E-state index in [0.717, 1.165) is 44.6 Å². The lowest BCUT2D eigenvalue weighted by Gasteiger charge is -2.30. The fourth-order valence-corrected chi connectivity index (χ4v) is 4.22. The van der Waals surface area contributed by atoms with Crippen molar-refractivity contribution in [3.8, 4) is 0 Å². The third-order valence-electron chi connectivity index (χ3n) is 5.98. The molecule has 0 N–H and O–H groups in total. The first-order valence-electron chi connectivity index (χ1n) is 10.5. The smallest absolute Gasteiger partial charge is 0.350 e. The van der Waals surface area contributed by atoms with Crippen molar-refractivity contribution in [2.45, 2.75) is 25.6 Å². The topological polar surface area (TPSA) is 25.2 Å². The van der Waals surface area contributed by atoms with Gasteiger partial charge in [0.15, 0.2) is 5.78 Å². The normalized spacial score (nSPS) is 16.4. The standard InChI is InChI=1S/C25H25F3N2O/c1-29-17-22(21-15-20(25(26,27)28)8-9-23(21)29)24(31)10-7-18-11-13-30(14-12-18)16-19-5-3-2-4-6-19/h2-10,15,17-18H,11-14,16H2,1H3/b10-7+. The van der Waals surface area contributed by atoms with Crippen molar-refractivity contribution >= 4 is 16.7 Å². The lowest BCUT2D eigenvalue weighted by molar-refractivity contribution is -0.137. The van der Waals surface area contributed by atoms with E-state index in [9.17, 15) is 18.0 Å². The summed E-state index contributed by atoms with van der Waals surface area (Å²) in [5, 5.41) is 0.338. The molecule has 2 heterocycles. The Morgan fingerprint density at radius 2 is 1.81 bits per heavy atom. The van der Waals surface area contributed by atoms with Crippen LogP contribution >= 0.6 is 0 Å². The summed E-state index contributed by atoms with van der Waals surface area (Å²) in [5.41, 5.74) is 1.47. The van der Waals surface area contributed by atoms with Crippen molar-refractivity contribution in [2.75, 3.05) is 13.1 Å². The molecule has 3 aromatic rings. The van der Waals surface area contributed by atoms with Gasteiger partial charge in [-0.25, -0.2) is 0 Å². The number of rotatable bonds is 5. The zero-order valence-corrected chi connectivity index (χ0v) is 17.4. The van der Waals surface area contributed by atoms with Gasteiger partial charge in [-0.1, -0.05) is 36.4 Å². The lowest BCUT2D eigenvalue weighted by Crippen LogP contribution is -2.32. The van der Waals surface area contributed by atoms with E-state index in [2.05, 4.69) is 17.0 Å². The van der Waals surface area contributed by atoms with Crippen LogP contribution in [0.3, 0.4) is 0 Å². The predicted octanol–water partition coefficient (Wildman–Crippen LogP) is 5.85. The van der Waals surface area contributed by atoms with Gasteiger partial charge in [-0.05, 0) is 61.7 Å². The zero-order chi connectivity index (χ0) is 22.0. The Labute approximate surface area is 179 Å². The lowest BCUT2D eigenvalue weighted by atomic mass is 9.95. The Balaban J connectivity index is 1.42. The number of alkyl halides is 3. The Bertz CT molecular complexity index is 1090. The van der Waals surface area contributed by atoms with Gasteiger partial charge in [0.1, 0.15) is 0 Å². The van der Waals surface area contributed by atoms with Crippen molar-refractivity contribution in [1.29, 1.82) is 0 Å². The molecule has 0 spiro atoms. The first-order valence-corrected chi connectivity index (χ1v) is 10.5. The molecule has 0 atom stereocenters. The first-order chi connectivity index (χ1) is 14.8. The third-order valence-corrected chi connectivity index (χ3v) is 5.98. The summed E-state index contributed by atoms with van der Waals surface area (Å²) in [5.74, 6) is 0.0494. The number of fused-ring (bicyclic) bond motifs is 1. The van der Waals surface area contributed by atoms with Crippen LogP contribution in [0.25, 0.3) is 10.9 Å². The minimum atomic E-state index is -4.44. The molecule has 0 amide bonds. The maximum Gasteiger partial charge on any atom is 0.416 e. The number of allylic oxidation sites excluding steroid dienone is 2. The SMILES string of the molecule is Cn1cc(C(=O)/C=C/C2CCN(Cc3ccccc3)CC2)c2cc(C(F)(F)F)ccc21. The van der Waals surface area contributed by atoms with Crippen molar-refractivity contribution in [3.05, 3.63) is 83.6 Å². The van der Waals surface area contributed by atoms with Crippen LogP contribution in [0.4, 0.5) is 13.2 Å². The number of hydrogen-bond donors (Lipinski definition) is 0. The highest BCUT2D eigenvalue weighted by Crippen LogP contribution is 2.33. The fourth-order valence-electron chi connectivity index (χ4n) is 4.22. The van der Waals surface area contributed by atoms with E-state index in [1.54, 1.807) is 17.8 Å². The molecule has 31 heavy (non-hydrogen) atoms. The van der Waals surface area contributed by atoms with Crippen molar-refractivity contribution in [1.82, 2.24) is 9.47 Å². The number of likely N-dealkylation sites (tertiary alicyclic amines) is 1. The van der Waals surface area contributed by atoms with E-state index in [-0.39, 0.29) is 5.78 Å². The van der Waals surface area contributed by atoms with Gasteiger partial charge in [-0.2, -0.15) is 13.2 Å². The second kappa shape index (κ2) is 8.71. The van der Waals surface area contributed by atoms with Crippen LogP contribution in [0.15, 0.2) is 66.9 Å². The molecule has 3 nitrogen and oxygen atoms in total. The summed E-state index contributed by atoms with van der Waals surface area (Å²) in [6.45, 7) is 2.84. The number of carbonyl (C=O) groups is 1. The zero-order valence-electron chi connectivity index (χ0n) is 17.4. The minimum absolute atomic E-state index is 0.253. The summed E-state index contributed by atoms with van der Waals surface area (Å²) in [7, 11) is 1.73. The molecule has 1 aliphatic heterocycles. The largest absolute Gasteiger partial charge is 0.416 e. The monoisotopic (exact) mass is 426 g/mol. The predicted molar refractivity (Wildman–Crippen MR) is 116 cm³/mol. The number of ketones is 1. The molecular formula is C25H25F3N2O. The fraction of sp³-hybridized carbons (Fsp3) is 0.320. The summed E-state index contributed by atoms with van der Waals surface area (Å²) in [6.07, 6.45) is 2.56. The molecule has 4 rings (SSSR count). The van der Waals surface area contributed by atoms with E-state index in [1.165, 1.54) is 17.7 Å². The molecule has 1 aromatic heterocycles. The number of nitrogens with zero attached hydrogens (tertiary/aromatic N) is 2. The molecule has 0 unspecified atom stereocenters. The number of aryl methyl sites for hydroxylation is 1. The number of halogens is 3. The van der Waals surface area contributed by atoms with Crippen LogP contribution in [-0.4, -0.2) is 28.3 Å². The molecular weight excluding hydrogens is 401 g/mol. The Morgan fingerprint density at radius 1 is 1.10 bits per heavy atom. The number of piperidine rings is 1. The van der Waals surface area contributed by atoms with Crippen molar-refractivity contribution in [2.24, 2.45) is 13.0 Å². The first kappa shape index (κ1) is 21.4. The third kappa shape index (κ3) is 4.90. The van der Waals surface area contributed by atoms with Gasteiger partial charge in [0.2, 0.25) is 0 Å². The van der Waals surface area contributed by atoms with E-state index in [1.807, 2.05) is 24.3 Å². The maximum atomic E-state index is 13.1. The van der Waals surface area contributed by atoms with Crippen LogP contribution in [-0.2, 0) is 19.8 Å². The molecule has 0 bridgehead atoms. The van der Waals surface area contributed by atoms with Gasteiger partial charge in [0.25, 0.3) is 0 Å². The van der Waals surface area contributed by atoms with Gasteiger partial charge in [0.05, 0.1) is 5.56 Å². The average Bonchev–Trinajstić information content (AvgIpc) is 3.09. The van der Waals surface area contributed by atoms with Gasteiger partial charge in [-0.15, -0.1) is 0 Å². The second-order valence-electron chi connectivity index (χ2n) is 8.21. The summed E-state index contributed by atoms with van der Waals surface area (Å²) in [4.78, 5) is 15.2. The number of benzene rings is 2. The highest BCUT2D eigenvalue weighted by molar-refractivity contribution is 6.13. The molecule has 1 aliphatic rings. The number of aromatic nitrogens is 1. The van der Waals surface area contributed by atoms with Gasteiger partial charge in [-0.3, -0.25) is 9.69 Å². The maximum absolute atomic E-state index is 13.1. The summed E-state index contributed by atoms with van der Waals surface area (Å²) in [6, 6.07) is 13.9. The molecule has 1 fully saturated rings. The van der Waals surface area contributed by atoms with Crippen LogP contribution in [0.1, 0.15) is 34.3 Å². The van der Waals surface area contributed by atoms with Crippen LogP contribution in [0.2, 0.25) is 0 Å². The average molecular weight is 426 g/mol. The van der Waals surface area contributed by atoms with Crippen molar-refractivity contribution < 1.29 is 18.0 Å². The van der Waals surface area contributed by atoms with Crippen LogP contribution in [0.5, 0.6) is 0 Å². The highest BCUT2D eigenvalue weighted by atomic mass is 19.4. The van der Waals surface area contributed by atoms with Gasteiger partial charge < -0.3 is 4.57 Å². The Kier molecular flexibility index (Phi) is 6.01. The van der Waals surface area contributed by atoms with Crippen LogP contribution in [0, 0.1) is 5.92 Å². The highest BCUT2D eigenvalue weighted by Gasteiger charge is 2.31. The minimum Gasteiger partial charge on any atom is -0.350 e. The molecule has 6 heteroatoms. The molecule has 2 aromatic carbocycles. The Hall–Kier alpha value is -2.86. The van der Waals surface area contributed by atoms with Crippen molar-refractivity contribution in [3.63, 3.8) is 0 Å². The number of carbonyl (C=O) groups excluding carboxylic acids is 1. The van der Waals surface area contributed by atoms with Gasteiger partial charge in [0, 0.05) is 36.3 Å². The molecule has 1 saturated heterocycles. The summed E-state index contributed by atoms with van der Waals surface area (Å²) < 4.78 is 41.0. The van der Waals surface area contributed by atoms with E-state index in [4.69, 9.17) is 0 Å². The molecule has 0 saturated carbocycles. The molecule has 0 radical (unpaired) electrons. The Morgan fingerprint density at radius 3 is 2.48 bits per heavy atom. The summed E-state index contributed by atoms with van der Waals surface area (Å²) >= 11 is 0. The van der Waals surface area contributed by atoms with E-state index >= 15 is 0 Å². The second-order valence-corrected chi connectivity index (χ2v) is 8.21. The number of hydrogen-bond acceptors (Lipinski definition) is 2. The molecule has 162 valence electrons. The van der Waals surface area contributed by atoms with Gasteiger partial charge >= 0.3 is 6.18 Å².